The first kappa shape index (κ1) is 21.8. The third-order valence-corrected chi connectivity index (χ3v) is 8.05. The second-order valence-corrected chi connectivity index (χ2v) is 10.2. The van der Waals surface area contributed by atoms with Crippen LogP contribution in [0.2, 0.25) is 0 Å². The fourth-order valence-corrected chi connectivity index (χ4v) is 5.62. The monoisotopic (exact) mass is 431 g/mol. The van der Waals surface area contributed by atoms with Crippen molar-refractivity contribution in [3.05, 3.63) is 54.4 Å². The van der Waals surface area contributed by atoms with Crippen LogP contribution < -0.4 is 5.32 Å². The summed E-state index contributed by atoms with van der Waals surface area (Å²) in [5.74, 6) is -0.0809. The van der Waals surface area contributed by atoms with Crippen molar-refractivity contribution in [2.45, 2.75) is 22.8 Å². The van der Waals surface area contributed by atoms with Crippen LogP contribution in [0.25, 0.3) is 0 Å². The summed E-state index contributed by atoms with van der Waals surface area (Å²) in [5.41, 5.74) is 0.792. The Kier molecular flexibility index (Phi) is 6.98. The number of sulfonamides is 1. The molecule has 27 heavy (non-hydrogen) atoms. The maximum absolute atomic E-state index is 13.2. The molecule has 7 nitrogen and oxygen atoms in total. The average Bonchev–Trinajstić information content (AvgIpc) is 2.69. The number of pyridine rings is 1. The van der Waals surface area contributed by atoms with Gasteiger partial charge in [-0.3, -0.25) is 4.98 Å². The molecular weight excluding hydrogens is 410 g/mol. The summed E-state index contributed by atoms with van der Waals surface area (Å²) in [6.45, 7) is 2.83. The molecule has 0 aliphatic carbocycles. The third-order valence-electron chi connectivity index (χ3n) is 4.41. The number of nitrogens with zero attached hydrogens (tertiary/aromatic N) is 2. The summed E-state index contributed by atoms with van der Waals surface area (Å²) in [6.07, 6.45) is 3.29. The van der Waals surface area contributed by atoms with Crippen LogP contribution in [0.15, 0.2) is 58.6 Å². The van der Waals surface area contributed by atoms with Gasteiger partial charge >= 0.3 is 0 Å². The predicted octanol–water partition coefficient (Wildman–Crippen LogP) is 1.63. The van der Waals surface area contributed by atoms with E-state index in [1.807, 2.05) is 6.07 Å². The van der Waals surface area contributed by atoms with Crippen LogP contribution in [0, 0.1) is 0 Å². The molecule has 0 bridgehead atoms. The molecule has 0 spiro atoms. The van der Waals surface area contributed by atoms with Gasteiger partial charge in [0.1, 0.15) is 0 Å². The molecule has 10 heteroatoms. The fourth-order valence-electron chi connectivity index (χ4n) is 2.96. The first-order valence-electron chi connectivity index (χ1n) is 8.31. The van der Waals surface area contributed by atoms with Crippen molar-refractivity contribution in [2.24, 2.45) is 0 Å². The maximum atomic E-state index is 13.2. The zero-order chi connectivity index (χ0) is 18.8. The highest BCUT2D eigenvalue weighted by Crippen LogP contribution is 2.29. The molecule has 1 aromatic carbocycles. The SMILES string of the molecule is CCS(=O)(=O)c1cccc(S(=O)(=O)N2CCNCC2c2cccnc2)c1.Cl. The molecule has 0 saturated carbocycles. The minimum atomic E-state index is -3.85. The summed E-state index contributed by atoms with van der Waals surface area (Å²) >= 11 is 0. The Bertz CT molecular complexity index is 982. The highest BCUT2D eigenvalue weighted by Gasteiger charge is 2.35. The van der Waals surface area contributed by atoms with Crippen molar-refractivity contribution in [1.29, 1.82) is 0 Å². The van der Waals surface area contributed by atoms with Gasteiger partial charge in [-0.1, -0.05) is 19.1 Å². The number of rotatable bonds is 5. The Morgan fingerprint density at radius 2 is 1.89 bits per heavy atom. The first-order valence-corrected chi connectivity index (χ1v) is 11.4. The Hall–Kier alpha value is -1.52. The fraction of sp³-hybridized carbons (Fsp3) is 0.353. The van der Waals surface area contributed by atoms with Crippen molar-refractivity contribution < 1.29 is 16.8 Å². The summed E-state index contributed by atoms with van der Waals surface area (Å²) in [6, 6.07) is 8.79. The van der Waals surface area contributed by atoms with Gasteiger partial charge in [-0.05, 0) is 29.8 Å². The van der Waals surface area contributed by atoms with Gasteiger partial charge in [0.15, 0.2) is 9.84 Å². The van der Waals surface area contributed by atoms with E-state index in [0.717, 1.165) is 5.56 Å². The maximum Gasteiger partial charge on any atom is 0.243 e. The summed E-state index contributed by atoms with van der Waals surface area (Å²) in [5, 5.41) is 3.20. The Labute approximate surface area is 166 Å². The van der Waals surface area contributed by atoms with E-state index in [1.54, 1.807) is 18.5 Å². The predicted molar refractivity (Wildman–Crippen MR) is 105 cm³/mol. The Morgan fingerprint density at radius 1 is 1.15 bits per heavy atom. The van der Waals surface area contributed by atoms with Crippen LogP contribution >= 0.6 is 12.4 Å². The van der Waals surface area contributed by atoms with E-state index in [1.165, 1.54) is 35.5 Å². The van der Waals surface area contributed by atoms with Gasteiger partial charge < -0.3 is 5.32 Å². The van der Waals surface area contributed by atoms with Gasteiger partial charge in [0.05, 0.1) is 21.6 Å². The van der Waals surface area contributed by atoms with Crippen LogP contribution in [0.1, 0.15) is 18.5 Å². The van der Waals surface area contributed by atoms with Crippen molar-refractivity contribution in [2.75, 3.05) is 25.4 Å². The van der Waals surface area contributed by atoms with E-state index in [-0.39, 0.29) is 28.0 Å². The number of nitrogens with one attached hydrogen (secondary N) is 1. The molecule has 1 fully saturated rings. The normalized spacial score (nSPS) is 18.6. The molecule has 0 radical (unpaired) electrons. The standard InChI is InChI=1S/C17H21N3O4S2.ClH/c1-2-25(21,22)15-6-3-7-16(11-15)26(23,24)20-10-9-19-13-17(20)14-5-4-8-18-12-14;/h3-8,11-12,17,19H,2,9-10,13H2,1H3;1H. The van der Waals surface area contributed by atoms with E-state index >= 15 is 0 Å². The molecule has 2 aromatic rings. The first-order chi connectivity index (χ1) is 12.4. The average molecular weight is 432 g/mol. The molecule has 1 aliphatic heterocycles. The van der Waals surface area contributed by atoms with Crippen molar-refractivity contribution >= 4 is 32.3 Å². The Morgan fingerprint density at radius 3 is 2.56 bits per heavy atom. The van der Waals surface area contributed by atoms with Gasteiger partial charge in [0.25, 0.3) is 0 Å². The van der Waals surface area contributed by atoms with Crippen molar-refractivity contribution in [3.8, 4) is 0 Å². The van der Waals surface area contributed by atoms with E-state index in [2.05, 4.69) is 10.3 Å². The van der Waals surface area contributed by atoms with Gasteiger partial charge in [0.2, 0.25) is 10.0 Å². The number of hydrogen-bond donors (Lipinski definition) is 1. The van der Waals surface area contributed by atoms with Gasteiger partial charge in [-0.25, -0.2) is 16.8 Å². The van der Waals surface area contributed by atoms with Crippen LogP contribution in [-0.2, 0) is 19.9 Å². The summed E-state index contributed by atoms with van der Waals surface area (Å²) < 4.78 is 52.1. The molecule has 1 aliphatic rings. The molecule has 2 heterocycles. The zero-order valence-corrected chi connectivity index (χ0v) is 17.2. The van der Waals surface area contributed by atoms with Crippen LogP contribution in [-0.4, -0.2) is 51.5 Å². The number of piperazine rings is 1. The van der Waals surface area contributed by atoms with Crippen LogP contribution in [0.3, 0.4) is 0 Å². The smallest absolute Gasteiger partial charge is 0.243 e. The lowest BCUT2D eigenvalue weighted by atomic mass is 10.1. The second kappa shape index (κ2) is 8.66. The van der Waals surface area contributed by atoms with Crippen molar-refractivity contribution in [3.63, 3.8) is 0 Å². The number of aromatic nitrogens is 1. The molecule has 1 saturated heterocycles. The quantitative estimate of drug-likeness (QED) is 0.772. The van der Waals surface area contributed by atoms with Crippen LogP contribution in [0.4, 0.5) is 0 Å². The summed E-state index contributed by atoms with van der Waals surface area (Å²) in [7, 11) is -7.33. The molecule has 148 valence electrons. The molecule has 1 aromatic heterocycles. The minimum Gasteiger partial charge on any atom is -0.313 e. The topological polar surface area (TPSA) is 96.4 Å². The van der Waals surface area contributed by atoms with E-state index in [0.29, 0.717) is 19.6 Å². The number of halogens is 1. The largest absolute Gasteiger partial charge is 0.313 e. The zero-order valence-electron chi connectivity index (χ0n) is 14.8. The van der Waals surface area contributed by atoms with E-state index in [4.69, 9.17) is 0 Å². The Balaban J connectivity index is 0.00000261. The second-order valence-electron chi connectivity index (χ2n) is 6.00. The van der Waals surface area contributed by atoms with Gasteiger partial charge in [-0.15, -0.1) is 12.4 Å². The number of hydrogen-bond acceptors (Lipinski definition) is 6. The third kappa shape index (κ3) is 4.49. The van der Waals surface area contributed by atoms with E-state index in [9.17, 15) is 16.8 Å². The molecule has 3 rings (SSSR count). The van der Waals surface area contributed by atoms with Crippen LogP contribution in [0.5, 0.6) is 0 Å². The molecular formula is C17H22ClN3O4S2. The van der Waals surface area contributed by atoms with Crippen molar-refractivity contribution in [1.82, 2.24) is 14.6 Å². The number of sulfone groups is 1. The van der Waals surface area contributed by atoms with Gasteiger partial charge in [-0.2, -0.15) is 4.31 Å². The summed E-state index contributed by atoms with van der Waals surface area (Å²) in [4.78, 5) is 4.09. The highest BCUT2D eigenvalue weighted by atomic mass is 35.5. The molecule has 1 atom stereocenters. The molecule has 1 N–H and O–H groups in total. The number of benzene rings is 1. The highest BCUT2D eigenvalue weighted by molar-refractivity contribution is 7.91. The van der Waals surface area contributed by atoms with Gasteiger partial charge in [0, 0.05) is 32.0 Å². The minimum absolute atomic E-state index is 0. The lowest BCUT2D eigenvalue weighted by Crippen LogP contribution is -2.48. The lowest BCUT2D eigenvalue weighted by molar-refractivity contribution is 0.271. The molecule has 1 unspecified atom stereocenters. The van der Waals surface area contributed by atoms with E-state index < -0.39 is 25.9 Å². The lowest BCUT2D eigenvalue weighted by Gasteiger charge is -2.35. The molecule has 0 amide bonds.